The number of hydrogen-bond acceptors (Lipinski definition) is 4. The Balaban J connectivity index is 1.54. The van der Waals surface area contributed by atoms with Crippen molar-refractivity contribution in [1.82, 2.24) is 29.4 Å². The molecule has 0 unspecified atom stereocenters. The second kappa shape index (κ2) is 6.39. The summed E-state index contributed by atoms with van der Waals surface area (Å²) in [6.07, 6.45) is 0. The number of carbonyl (C=O) groups excluding carboxylic acids is 1. The fraction of sp³-hybridized carbons (Fsp3) is 0.263. The molecule has 0 bridgehead atoms. The van der Waals surface area contributed by atoms with Crippen LogP contribution in [0.4, 0.5) is 0 Å². The van der Waals surface area contributed by atoms with Gasteiger partial charge in [0.1, 0.15) is 5.52 Å². The highest BCUT2D eigenvalue weighted by Crippen LogP contribution is 2.14. The normalized spacial score (nSPS) is 12.6. The molecule has 4 rings (SSSR count). The second-order valence-corrected chi connectivity index (χ2v) is 6.74. The maximum Gasteiger partial charge on any atom is 0.328 e. The van der Waals surface area contributed by atoms with Crippen molar-refractivity contribution in [3.63, 3.8) is 0 Å². The monoisotopic (exact) mass is 364 g/mol. The van der Waals surface area contributed by atoms with Crippen molar-refractivity contribution >= 4 is 28.0 Å². The molecule has 0 saturated heterocycles. The van der Waals surface area contributed by atoms with Crippen LogP contribution < -0.4 is 11.0 Å². The number of nitrogens with zero attached hydrogens (tertiary/aromatic N) is 5. The maximum atomic E-state index is 12.6. The first-order valence-electron chi connectivity index (χ1n) is 8.70. The molecule has 0 aliphatic carbocycles. The van der Waals surface area contributed by atoms with Crippen LogP contribution in [-0.4, -0.2) is 36.1 Å². The van der Waals surface area contributed by atoms with Gasteiger partial charge < -0.3 is 5.32 Å². The minimum Gasteiger partial charge on any atom is -0.348 e. The van der Waals surface area contributed by atoms with Crippen LogP contribution in [0.3, 0.4) is 0 Å². The summed E-state index contributed by atoms with van der Waals surface area (Å²) in [6.45, 7) is 2.43. The average molecular weight is 364 g/mol. The van der Waals surface area contributed by atoms with Gasteiger partial charge in [0.15, 0.2) is 0 Å². The van der Waals surface area contributed by atoms with E-state index in [1.807, 2.05) is 31.2 Å². The van der Waals surface area contributed by atoms with Gasteiger partial charge in [0.2, 0.25) is 0 Å². The third-order valence-electron chi connectivity index (χ3n) is 4.78. The van der Waals surface area contributed by atoms with Crippen LogP contribution in [-0.2, 0) is 20.6 Å². The number of aryl methyl sites for hydroxylation is 2. The third-order valence-corrected chi connectivity index (χ3v) is 4.78. The van der Waals surface area contributed by atoms with Gasteiger partial charge in [-0.2, -0.15) is 0 Å². The fourth-order valence-corrected chi connectivity index (χ4v) is 3.31. The molecule has 0 fully saturated rings. The van der Waals surface area contributed by atoms with E-state index in [4.69, 9.17) is 0 Å². The van der Waals surface area contributed by atoms with E-state index >= 15 is 0 Å². The minimum atomic E-state index is -0.190. The van der Waals surface area contributed by atoms with E-state index in [1.165, 1.54) is 4.57 Å². The molecule has 138 valence electrons. The largest absolute Gasteiger partial charge is 0.348 e. The fourth-order valence-electron chi connectivity index (χ4n) is 3.31. The summed E-state index contributed by atoms with van der Waals surface area (Å²) in [5, 5.41) is 11.3. The number of imidazole rings is 1. The maximum absolute atomic E-state index is 12.6. The van der Waals surface area contributed by atoms with Gasteiger partial charge in [0, 0.05) is 25.7 Å². The van der Waals surface area contributed by atoms with Crippen molar-refractivity contribution < 1.29 is 4.79 Å². The number of fused-ring (bicyclic) bond motifs is 2. The third kappa shape index (κ3) is 2.88. The summed E-state index contributed by atoms with van der Waals surface area (Å²) < 4.78 is 4.89. The highest BCUT2D eigenvalue weighted by Gasteiger charge is 2.15. The highest BCUT2D eigenvalue weighted by atomic mass is 16.2. The first kappa shape index (κ1) is 17.0. The van der Waals surface area contributed by atoms with Crippen molar-refractivity contribution in [3.8, 4) is 0 Å². The van der Waals surface area contributed by atoms with Crippen LogP contribution in [0.1, 0.15) is 17.3 Å². The Morgan fingerprint density at radius 1 is 1.07 bits per heavy atom. The van der Waals surface area contributed by atoms with Crippen molar-refractivity contribution in [3.05, 3.63) is 58.5 Å². The van der Waals surface area contributed by atoms with Crippen molar-refractivity contribution in [2.75, 3.05) is 0 Å². The van der Waals surface area contributed by atoms with Gasteiger partial charge in [-0.1, -0.05) is 17.3 Å². The van der Waals surface area contributed by atoms with E-state index in [-0.39, 0.29) is 17.6 Å². The Labute approximate surface area is 155 Å². The lowest BCUT2D eigenvalue weighted by Gasteiger charge is -2.14. The van der Waals surface area contributed by atoms with Crippen LogP contribution in [0.15, 0.2) is 47.3 Å². The summed E-state index contributed by atoms with van der Waals surface area (Å²) >= 11 is 0. The van der Waals surface area contributed by atoms with Crippen LogP contribution in [0.2, 0.25) is 0 Å². The molecule has 1 N–H and O–H groups in total. The molecule has 0 spiro atoms. The first-order chi connectivity index (χ1) is 13.0. The van der Waals surface area contributed by atoms with Crippen LogP contribution in [0.25, 0.3) is 22.1 Å². The smallest absolute Gasteiger partial charge is 0.328 e. The Hall–Kier alpha value is -3.42. The van der Waals surface area contributed by atoms with E-state index in [1.54, 1.807) is 41.5 Å². The van der Waals surface area contributed by atoms with Gasteiger partial charge in [0.05, 0.1) is 23.1 Å². The molecule has 0 saturated carbocycles. The standard InChI is InChI=1S/C19H20N6O2/c1-12(11-25-15-7-5-4-6-14(15)21-22-25)20-18(26)13-8-9-16-17(10-13)24(3)19(27)23(16)2/h4-10,12H,11H2,1-3H3,(H,20,26)/t12-/m1/s1. The van der Waals surface area contributed by atoms with Gasteiger partial charge in [-0.15, -0.1) is 5.10 Å². The molecule has 2 aromatic carbocycles. The Morgan fingerprint density at radius 2 is 1.81 bits per heavy atom. The molecule has 4 aromatic rings. The average Bonchev–Trinajstić information content (AvgIpc) is 3.17. The van der Waals surface area contributed by atoms with Crippen LogP contribution in [0.5, 0.6) is 0 Å². The molecule has 8 nitrogen and oxygen atoms in total. The minimum absolute atomic E-state index is 0.117. The van der Waals surface area contributed by atoms with E-state index in [2.05, 4.69) is 15.6 Å². The highest BCUT2D eigenvalue weighted by molar-refractivity contribution is 5.97. The number of rotatable bonds is 4. The van der Waals surface area contributed by atoms with Crippen molar-refractivity contribution in [1.29, 1.82) is 0 Å². The van der Waals surface area contributed by atoms with Crippen LogP contribution >= 0.6 is 0 Å². The molecule has 0 aliphatic heterocycles. The zero-order chi connectivity index (χ0) is 19.1. The molecule has 0 radical (unpaired) electrons. The Bertz CT molecular complexity index is 1220. The van der Waals surface area contributed by atoms with Crippen LogP contribution in [0, 0.1) is 0 Å². The molecular formula is C19H20N6O2. The summed E-state index contributed by atoms with van der Waals surface area (Å²) in [7, 11) is 3.42. The summed E-state index contributed by atoms with van der Waals surface area (Å²) in [6, 6.07) is 12.8. The van der Waals surface area contributed by atoms with Gasteiger partial charge in [-0.25, -0.2) is 9.48 Å². The molecule has 1 amide bonds. The molecule has 27 heavy (non-hydrogen) atoms. The molecule has 2 heterocycles. The Kier molecular flexibility index (Phi) is 4.02. The predicted molar refractivity (Wildman–Crippen MR) is 103 cm³/mol. The number of carbonyl (C=O) groups is 1. The van der Waals surface area contributed by atoms with Gasteiger partial charge >= 0.3 is 5.69 Å². The SMILES string of the molecule is C[C@H](Cn1nnc2ccccc21)NC(=O)c1ccc2c(c1)n(C)c(=O)n2C. The number of aromatic nitrogens is 5. The zero-order valence-corrected chi connectivity index (χ0v) is 15.4. The number of hydrogen-bond donors (Lipinski definition) is 1. The summed E-state index contributed by atoms with van der Waals surface area (Å²) in [5.74, 6) is -0.190. The number of amides is 1. The van der Waals surface area contributed by atoms with E-state index < -0.39 is 0 Å². The molecule has 0 aliphatic rings. The predicted octanol–water partition coefficient (Wildman–Crippen LogP) is 1.44. The van der Waals surface area contributed by atoms with E-state index in [0.717, 1.165) is 22.1 Å². The lowest BCUT2D eigenvalue weighted by molar-refractivity contribution is 0.0936. The number of para-hydroxylation sites is 1. The lowest BCUT2D eigenvalue weighted by atomic mass is 10.1. The summed E-state index contributed by atoms with van der Waals surface area (Å²) in [4.78, 5) is 24.7. The van der Waals surface area contributed by atoms with E-state index in [9.17, 15) is 9.59 Å². The number of benzene rings is 2. The number of nitrogens with one attached hydrogen (secondary N) is 1. The van der Waals surface area contributed by atoms with Crippen molar-refractivity contribution in [2.45, 2.75) is 19.5 Å². The quantitative estimate of drug-likeness (QED) is 0.594. The second-order valence-electron chi connectivity index (χ2n) is 6.74. The van der Waals surface area contributed by atoms with Crippen molar-refractivity contribution in [2.24, 2.45) is 14.1 Å². The molecular weight excluding hydrogens is 344 g/mol. The topological polar surface area (TPSA) is 86.7 Å². The Morgan fingerprint density at radius 3 is 2.63 bits per heavy atom. The summed E-state index contributed by atoms with van der Waals surface area (Å²) in [5.41, 5.74) is 3.67. The lowest BCUT2D eigenvalue weighted by Crippen LogP contribution is -2.35. The zero-order valence-electron chi connectivity index (χ0n) is 15.4. The van der Waals surface area contributed by atoms with E-state index in [0.29, 0.717) is 12.1 Å². The van der Waals surface area contributed by atoms with Gasteiger partial charge in [-0.3, -0.25) is 13.9 Å². The molecule has 1 atom stereocenters. The first-order valence-corrected chi connectivity index (χ1v) is 8.70. The molecule has 2 aromatic heterocycles. The van der Waals surface area contributed by atoms with Gasteiger partial charge in [-0.05, 0) is 37.3 Å². The molecule has 8 heteroatoms. The van der Waals surface area contributed by atoms with Gasteiger partial charge in [0.25, 0.3) is 5.91 Å².